The zero-order valence-corrected chi connectivity index (χ0v) is 13.3. The van der Waals surface area contributed by atoms with E-state index < -0.39 is 14.9 Å². The van der Waals surface area contributed by atoms with Crippen LogP contribution in [0.25, 0.3) is 0 Å². The lowest BCUT2D eigenvalue weighted by Gasteiger charge is -2.08. The van der Waals surface area contributed by atoms with Crippen LogP contribution in [-0.2, 0) is 10.0 Å². The van der Waals surface area contributed by atoms with Crippen molar-refractivity contribution in [3.05, 3.63) is 56.3 Å². The number of halogens is 2. The normalized spacial score (nSPS) is 11.1. The van der Waals surface area contributed by atoms with E-state index in [-0.39, 0.29) is 21.4 Å². The van der Waals surface area contributed by atoms with Crippen LogP contribution >= 0.6 is 27.5 Å². The first kappa shape index (κ1) is 15.7. The number of pyridine rings is 1. The summed E-state index contributed by atoms with van der Waals surface area (Å²) in [6, 6.07) is 6.31. The first-order valence-electron chi connectivity index (χ1n) is 5.38. The van der Waals surface area contributed by atoms with Gasteiger partial charge in [-0.2, -0.15) is 0 Å². The van der Waals surface area contributed by atoms with Gasteiger partial charge in [-0.15, -0.1) is 0 Å². The van der Waals surface area contributed by atoms with E-state index in [2.05, 4.69) is 25.6 Å². The Morgan fingerprint density at radius 2 is 1.90 bits per heavy atom. The Morgan fingerprint density at radius 3 is 2.43 bits per heavy atom. The number of aromatic nitrogens is 1. The molecule has 0 spiro atoms. The van der Waals surface area contributed by atoms with E-state index in [9.17, 15) is 18.5 Å². The summed E-state index contributed by atoms with van der Waals surface area (Å²) in [4.78, 5) is 13.6. The molecule has 0 aliphatic heterocycles. The van der Waals surface area contributed by atoms with Gasteiger partial charge < -0.3 is 0 Å². The third-order valence-corrected chi connectivity index (χ3v) is 4.89. The Labute approximate surface area is 133 Å². The number of nitrogens with one attached hydrogen (secondary N) is 1. The molecule has 0 radical (unpaired) electrons. The fraction of sp³-hybridized carbons (Fsp3) is 0. The van der Waals surface area contributed by atoms with E-state index in [0.717, 1.165) is 6.20 Å². The number of rotatable bonds is 4. The molecule has 1 aromatic heterocycles. The highest BCUT2D eigenvalue weighted by Crippen LogP contribution is 2.24. The monoisotopic (exact) mass is 391 g/mol. The molecule has 0 bridgehead atoms. The third-order valence-electron chi connectivity index (χ3n) is 2.41. The van der Waals surface area contributed by atoms with Gasteiger partial charge >= 0.3 is 0 Å². The number of sulfonamides is 1. The molecule has 2 rings (SSSR count). The summed E-state index contributed by atoms with van der Waals surface area (Å²) in [7, 11) is -3.86. The molecule has 1 heterocycles. The average Bonchev–Trinajstić information content (AvgIpc) is 2.42. The predicted octanol–water partition coefficient (Wildman–Crippen LogP) is 3.21. The zero-order valence-electron chi connectivity index (χ0n) is 10.2. The molecule has 0 fully saturated rings. The van der Waals surface area contributed by atoms with Crippen molar-refractivity contribution in [2.45, 2.75) is 4.90 Å². The third kappa shape index (κ3) is 3.69. The van der Waals surface area contributed by atoms with Crippen LogP contribution in [0.4, 0.5) is 11.4 Å². The minimum Gasteiger partial charge on any atom is -0.280 e. The molecule has 0 atom stereocenters. The van der Waals surface area contributed by atoms with Gasteiger partial charge in [-0.05, 0) is 34.1 Å². The second-order valence-corrected chi connectivity index (χ2v) is 6.75. The van der Waals surface area contributed by atoms with Crippen molar-refractivity contribution in [2.24, 2.45) is 0 Å². The fourth-order valence-electron chi connectivity index (χ4n) is 1.42. The predicted molar refractivity (Wildman–Crippen MR) is 80.9 cm³/mol. The van der Waals surface area contributed by atoms with E-state index >= 15 is 0 Å². The Bertz CT molecular complexity index is 796. The molecule has 1 aromatic carbocycles. The molecule has 21 heavy (non-hydrogen) atoms. The van der Waals surface area contributed by atoms with Crippen molar-refractivity contribution in [3.8, 4) is 0 Å². The van der Waals surface area contributed by atoms with Crippen molar-refractivity contribution in [1.82, 2.24) is 4.98 Å². The second kappa shape index (κ2) is 5.96. The van der Waals surface area contributed by atoms with Crippen LogP contribution in [0.5, 0.6) is 0 Å². The minimum absolute atomic E-state index is 0.0860. The molecule has 0 saturated heterocycles. The maximum atomic E-state index is 12.1. The second-order valence-electron chi connectivity index (χ2n) is 3.85. The summed E-state index contributed by atoms with van der Waals surface area (Å²) < 4.78 is 26.9. The van der Waals surface area contributed by atoms with Crippen LogP contribution in [0.2, 0.25) is 5.15 Å². The number of hydrogen-bond donors (Lipinski definition) is 1. The van der Waals surface area contributed by atoms with E-state index in [0.29, 0.717) is 4.47 Å². The van der Waals surface area contributed by atoms with Gasteiger partial charge in [0.2, 0.25) is 0 Å². The molecule has 10 heteroatoms. The molecule has 7 nitrogen and oxygen atoms in total. The number of nitro groups is 1. The van der Waals surface area contributed by atoms with Crippen LogP contribution in [0.1, 0.15) is 0 Å². The lowest BCUT2D eigenvalue weighted by molar-refractivity contribution is -0.384. The fourth-order valence-corrected chi connectivity index (χ4v) is 3.05. The summed E-state index contributed by atoms with van der Waals surface area (Å²) in [5, 5.41) is 10.7. The standard InChI is InChI=1S/C11H7BrClN3O4S/c12-10-5-9(6-14-11(10)13)21(19,20)15-7-1-3-8(4-2-7)16(17)18/h1-6,15H. The Balaban J connectivity index is 2.28. The van der Waals surface area contributed by atoms with Crippen molar-refractivity contribution < 1.29 is 13.3 Å². The number of anilines is 1. The van der Waals surface area contributed by atoms with E-state index in [1.165, 1.54) is 30.3 Å². The van der Waals surface area contributed by atoms with Gasteiger partial charge in [-0.3, -0.25) is 14.8 Å². The summed E-state index contributed by atoms with van der Waals surface area (Å²) in [5.41, 5.74) is 0.0699. The van der Waals surface area contributed by atoms with Gasteiger partial charge in [0.25, 0.3) is 15.7 Å². The largest absolute Gasteiger partial charge is 0.280 e. The molecular formula is C11H7BrClN3O4S. The molecule has 0 amide bonds. The maximum Gasteiger partial charge on any atom is 0.269 e. The number of nitro benzene ring substituents is 1. The van der Waals surface area contributed by atoms with E-state index in [4.69, 9.17) is 11.6 Å². The van der Waals surface area contributed by atoms with Gasteiger partial charge in [0.05, 0.1) is 9.40 Å². The lowest BCUT2D eigenvalue weighted by atomic mass is 10.3. The van der Waals surface area contributed by atoms with E-state index in [1.807, 2.05) is 0 Å². The highest BCUT2D eigenvalue weighted by atomic mass is 79.9. The molecule has 0 aliphatic carbocycles. The topological polar surface area (TPSA) is 102 Å². The molecule has 0 unspecified atom stereocenters. The first-order valence-corrected chi connectivity index (χ1v) is 8.03. The number of nitrogens with zero attached hydrogens (tertiary/aromatic N) is 2. The highest BCUT2D eigenvalue weighted by Gasteiger charge is 2.17. The number of non-ortho nitro benzene ring substituents is 1. The van der Waals surface area contributed by atoms with Crippen molar-refractivity contribution >= 4 is 48.9 Å². The quantitative estimate of drug-likeness (QED) is 0.489. The van der Waals surface area contributed by atoms with Crippen molar-refractivity contribution in [2.75, 3.05) is 4.72 Å². The molecule has 2 aromatic rings. The summed E-state index contributed by atoms with van der Waals surface area (Å²) >= 11 is 8.79. The van der Waals surface area contributed by atoms with Crippen LogP contribution in [0.15, 0.2) is 45.9 Å². The maximum absolute atomic E-state index is 12.1. The van der Waals surface area contributed by atoms with Gasteiger partial charge in [-0.1, -0.05) is 11.6 Å². The number of benzene rings is 1. The van der Waals surface area contributed by atoms with E-state index in [1.54, 1.807) is 0 Å². The summed E-state index contributed by atoms with van der Waals surface area (Å²) in [6.07, 6.45) is 1.11. The average molecular weight is 393 g/mol. The Kier molecular flexibility index (Phi) is 4.45. The van der Waals surface area contributed by atoms with Gasteiger partial charge in [0.15, 0.2) is 0 Å². The Morgan fingerprint density at radius 1 is 1.29 bits per heavy atom. The molecule has 1 N–H and O–H groups in total. The molecular weight excluding hydrogens is 386 g/mol. The number of hydrogen-bond acceptors (Lipinski definition) is 5. The van der Waals surface area contributed by atoms with Crippen LogP contribution < -0.4 is 4.72 Å². The minimum atomic E-state index is -3.86. The zero-order chi connectivity index (χ0) is 15.6. The van der Waals surface area contributed by atoms with Gasteiger partial charge in [0.1, 0.15) is 10.0 Å². The van der Waals surface area contributed by atoms with Gasteiger partial charge in [0, 0.05) is 24.0 Å². The van der Waals surface area contributed by atoms with Crippen molar-refractivity contribution in [1.29, 1.82) is 0 Å². The van der Waals surface area contributed by atoms with Crippen molar-refractivity contribution in [3.63, 3.8) is 0 Å². The van der Waals surface area contributed by atoms with Crippen LogP contribution in [0, 0.1) is 10.1 Å². The van der Waals surface area contributed by atoms with Crippen LogP contribution in [-0.4, -0.2) is 18.3 Å². The highest BCUT2D eigenvalue weighted by molar-refractivity contribution is 9.10. The van der Waals surface area contributed by atoms with Crippen LogP contribution in [0.3, 0.4) is 0 Å². The SMILES string of the molecule is O=[N+]([O-])c1ccc(NS(=O)(=O)c2cnc(Cl)c(Br)c2)cc1. The summed E-state index contributed by atoms with van der Waals surface area (Å²) in [6.45, 7) is 0. The first-order chi connectivity index (χ1) is 9.79. The smallest absolute Gasteiger partial charge is 0.269 e. The van der Waals surface area contributed by atoms with Gasteiger partial charge in [-0.25, -0.2) is 13.4 Å². The molecule has 0 saturated carbocycles. The molecule has 110 valence electrons. The lowest BCUT2D eigenvalue weighted by Crippen LogP contribution is -2.13. The Hall–Kier alpha value is -1.71. The summed E-state index contributed by atoms with van der Waals surface area (Å²) in [5.74, 6) is 0. The molecule has 0 aliphatic rings.